The fourth-order valence-corrected chi connectivity index (χ4v) is 3.16. The zero-order chi connectivity index (χ0) is 12.8. The third kappa shape index (κ3) is 1.89. The number of nitrogens with zero attached hydrogens (tertiary/aromatic N) is 2. The quantitative estimate of drug-likeness (QED) is 0.833. The van der Waals surface area contributed by atoms with Crippen molar-refractivity contribution in [2.45, 2.75) is 18.9 Å². The van der Waals surface area contributed by atoms with Crippen LogP contribution in [0.3, 0.4) is 0 Å². The Morgan fingerprint density at radius 3 is 2.89 bits per heavy atom. The Hall–Kier alpha value is -1.62. The van der Waals surface area contributed by atoms with Crippen molar-refractivity contribution in [1.82, 2.24) is 10.1 Å². The van der Waals surface area contributed by atoms with Gasteiger partial charge in [0.1, 0.15) is 11.9 Å². The lowest BCUT2D eigenvalue weighted by atomic mass is 9.86. The first-order valence-corrected chi connectivity index (χ1v) is 6.73. The van der Waals surface area contributed by atoms with Gasteiger partial charge in [-0.15, -0.1) is 0 Å². The van der Waals surface area contributed by atoms with Gasteiger partial charge in [-0.25, -0.2) is 4.39 Å². The van der Waals surface area contributed by atoms with Gasteiger partial charge in [-0.2, -0.15) is 0 Å². The van der Waals surface area contributed by atoms with Gasteiger partial charge in [-0.1, -0.05) is 0 Å². The van der Waals surface area contributed by atoms with Gasteiger partial charge in [-0.3, -0.25) is 4.90 Å². The van der Waals surface area contributed by atoms with Crippen molar-refractivity contribution in [2.75, 3.05) is 19.6 Å². The minimum absolute atomic E-state index is 0.152. The van der Waals surface area contributed by atoms with Crippen LogP contribution in [-0.4, -0.2) is 35.8 Å². The molecule has 5 heteroatoms. The fraction of sp³-hybridized carbons (Fsp3) is 0.500. The highest BCUT2D eigenvalue weighted by atomic mass is 19.1. The van der Waals surface area contributed by atoms with E-state index < -0.39 is 0 Å². The average Bonchev–Trinajstić information content (AvgIpc) is 2.83. The molecule has 0 aliphatic carbocycles. The van der Waals surface area contributed by atoms with E-state index in [0.717, 1.165) is 6.54 Å². The Kier molecular flexibility index (Phi) is 2.48. The number of hydrogen-bond acceptors (Lipinski definition) is 4. The molecule has 3 fully saturated rings. The summed E-state index contributed by atoms with van der Waals surface area (Å²) in [4.78, 5) is 2.41. The van der Waals surface area contributed by atoms with Crippen molar-refractivity contribution in [3.05, 3.63) is 24.0 Å². The van der Waals surface area contributed by atoms with Gasteiger partial charge >= 0.3 is 0 Å². The first-order valence-electron chi connectivity index (χ1n) is 6.73. The van der Waals surface area contributed by atoms with Crippen LogP contribution in [0.15, 0.2) is 22.7 Å². The molecule has 19 heavy (non-hydrogen) atoms. The second kappa shape index (κ2) is 4.20. The highest BCUT2D eigenvalue weighted by Crippen LogP contribution is 2.33. The highest BCUT2D eigenvalue weighted by Gasteiger charge is 2.36. The van der Waals surface area contributed by atoms with Crippen molar-refractivity contribution in [3.63, 3.8) is 0 Å². The lowest BCUT2D eigenvalue weighted by Gasteiger charge is -2.43. The number of fused-ring (bicyclic) bond motifs is 4. The molecule has 100 valence electrons. The molecule has 2 bridgehead atoms. The van der Waals surface area contributed by atoms with Crippen LogP contribution in [0.25, 0.3) is 11.0 Å². The zero-order valence-corrected chi connectivity index (χ0v) is 10.5. The third-order valence-corrected chi connectivity index (χ3v) is 4.26. The molecule has 3 aliphatic heterocycles. The van der Waals surface area contributed by atoms with E-state index in [-0.39, 0.29) is 11.9 Å². The summed E-state index contributed by atoms with van der Waals surface area (Å²) in [6.07, 6.45) is 2.50. The first-order chi connectivity index (χ1) is 9.29. The highest BCUT2D eigenvalue weighted by molar-refractivity contribution is 5.82. The second-order valence-corrected chi connectivity index (χ2v) is 5.42. The van der Waals surface area contributed by atoms with E-state index in [2.05, 4.69) is 10.1 Å². The van der Waals surface area contributed by atoms with Gasteiger partial charge in [0.05, 0.1) is 5.39 Å². The summed E-state index contributed by atoms with van der Waals surface area (Å²) in [5.41, 5.74) is 0.567. The van der Waals surface area contributed by atoms with Crippen molar-refractivity contribution in [1.29, 1.82) is 0 Å². The number of halogens is 1. The van der Waals surface area contributed by atoms with Crippen LogP contribution in [0.5, 0.6) is 5.88 Å². The van der Waals surface area contributed by atoms with Crippen LogP contribution in [0, 0.1) is 11.7 Å². The number of ether oxygens (including phenoxy) is 1. The van der Waals surface area contributed by atoms with Gasteiger partial charge in [0.2, 0.25) is 0 Å². The van der Waals surface area contributed by atoms with Gasteiger partial charge in [0.25, 0.3) is 5.88 Å². The smallest absolute Gasteiger partial charge is 0.262 e. The first kappa shape index (κ1) is 11.2. The molecule has 4 heterocycles. The number of rotatable bonds is 2. The second-order valence-electron chi connectivity index (χ2n) is 5.42. The summed E-state index contributed by atoms with van der Waals surface area (Å²) in [5.74, 6) is 0.716. The zero-order valence-electron chi connectivity index (χ0n) is 10.5. The molecule has 0 N–H and O–H groups in total. The van der Waals surface area contributed by atoms with E-state index in [4.69, 9.17) is 9.26 Å². The van der Waals surface area contributed by atoms with Crippen molar-refractivity contribution >= 4 is 11.0 Å². The van der Waals surface area contributed by atoms with Crippen LogP contribution in [0.2, 0.25) is 0 Å². The van der Waals surface area contributed by atoms with E-state index in [9.17, 15) is 4.39 Å². The van der Waals surface area contributed by atoms with Crippen molar-refractivity contribution < 1.29 is 13.7 Å². The molecule has 1 aromatic heterocycles. The van der Waals surface area contributed by atoms with Gasteiger partial charge in [0, 0.05) is 6.54 Å². The van der Waals surface area contributed by atoms with E-state index in [0.29, 0.717) is 22.8 Å². The normalized spacial score (nSPS) is 29.8. The molecule has 0 spiro atoms. The van der Waals surface area contributed by atoms with Gasteiger partial charge in [0.15, 0.2) is 5.58 Å². The molecule has 1 unspecified atom stereocenters. The molecule has 3 saturated heterocycles. The van der Waals surface area contributed by atoms with Crippen LogP contribution in [0.1, 0.15) is 12.8 Å². The maximum absolute atomic E-state index is 13.3. The number of hydrogen-bond donors (Lipinski definition) is 0. The molecule has 3 aliphatic rings. The molecule has 5 rings (SSSR count). The lowest BCUT2D eigenvalue weighted by Crippen LogP contribution is -2.52. The van der Waals surface area contributed by atoms with Crippen LogP contribution in [-0.2, 0) is 0 Å². The summed E-state index contributed by atoms with van der Waals surface area (Å²) >= 11 is 0. The predicted molar refractivity (Wildman–Crippen MR) is 67.5 cm³/mol. The molecule has 2 aromatic rings. The summed E-state index contributed by atoms with van der Waals surface area (Å²) in [5, 5.41) is 4.55. The summed E-state index contributed by atoms with van der Waals surface area (Å²) < 4.78 is 24.4. The molecular weight excluding hydrogens is 247 g/mol. The Morgan fingerprint density at radius 2 is 2.16 bits per heavy atom. The van der Waals surface area contributed by atoms with E-state index in [1.165, 1.54) is 38.1 Å². The fourth-order valence-electron chi connectivity index (χ4n) is 3.16. The summed E-state index contributed by atoms with van der Waals surface area (Å²) in [7, 11) is 0. The molecular formula is C14H15FN2O2. The predicted octanol–water partition coefficient (Wildman–Crippen LogP) is 2.44. The number of piperidine rings is 3. The Labute approximate surface area is 110 Å². The standard InChI is InChI=1S/C14H15FN2O2/c15-10-1-2-12-11(7-10)14(16-19-12)18-13-8-17-5-3-9(13)4-6-17/h1-2,7,9,13H,3-6,8H2. The van der Waals surface area contributed by atoms with E-state index >= 15 is 0 Å². The molecule has 1 aromatic carbocycles. The molecule has 4 nitrogen and oxygen atoms in total. The number of benzene rings is 1. The van der Waals surface area contributed by atoms with Crippen molar-refractivity contribution in [2.24, 2.45) is 5.92 Å². The maximum atomic E-state index is 13.3. The lowest BCUT2D eigenvalue weighted by molar-refractivity contribution is -0.0106. The molecule has 0 amide bonds. The van der Waals surface area contributed by atoms with Gasteiger partial charge < -0.3 is 9.26 Å². The van der Waals surface area contributed by atoms with E-state index in [1.807, 2.05) is 0 Å². The van der Waals surface area contributed by atoms with Crippen LogP contribution < -0.4 is 4.74 Å². The van der Waals surface area contributed by atoms with Crippen LogP contribution >= 0.6 is 0 Å². The minimum Gasteiger partial charge on any atom is -0.470 e. The average molecular weight is 262 g/mol. The molecule has 0 radical (unpaired) electrons. The minimum atomic E-state index is -0.297. The SMILES string of the molecule is Fc1ccc2onc(OC3CN4CCC3CC4)c2c1. The molecule has 0 saturated carbocycles. The number of aromatic nitrogens is 1. The van der Waals surface area contributed by atoms with E-state index in [1.54, 1.807) is 6.07 Å². The molecule has 1 atom stereocenters. The topological polar surface area (TPSA) is 38.5 Å². The summed E-state index contributed by atoms with van der Waals surface area (Å²) in [6.45, 7) is 3.27. The maximum Gasteiger partial charge on any atom is 0.262 e. The summed E-state index contributed by atoms with van der Waals surface area (Å²) in [6, 6.07) is 4.37. The Balaban J connectivity index is 1.63. The Bertz CT molecular complexity index is 605. The Morgan fingerprint density at radius 1 is 1.32 bits per heavy atom. The third-order valence-electron chi connectivity index (χ3n) is 4.26. The monoisotopic (exact) mass is 262 g/mol. The van der Waals surface area contributed by atoms with Crippen molar-refractivity contribution in [3.8, 4) is 5.88 Å². The van der Waals surface area contributed by atoms with Crippen LogP contribution in [0.4, 0.5) is 4.39 Å². The largest absolute Gasteiger partial charge is 0.470 e. The van der Waals surface area contributed by atoms with Gasteiger partial charge in [-0.05, 0) is 55.2 Å².